The largest absolute Gasteiger partial charge is 0.459 e. The summed E-state index contributed by atoms with van der Waals surface area (Å²) in [7, 11) is 1.80. The molecule has 1 aliphatic rings. The molecule has 2 atom stereocenters. The lowest BCUT2D eigenvalue weighted by molar-refractivity contribution is -0.126. The molecule has 3 N–H and O–H groups in total. The Hall–Kier alpha value is -4.22. The average Bonchev–Trinajstić information content (AvgIpc) is 3.54. The summed E-state index contributed by atoms with van der Waals surface area (Å²) in [5.41, 5.74) is 1.57. The summed E-state index contributed by atoms with van der Waals surface area (Å²) in [6, 6.07) is 10.6. The first-order valence-electron chi connectivity index (χ1n) is 12.0. The fraction of sp³-hybridized carbons (Fsp3) is 0.269. The minimum atomic E-state index is -0.768. The van der Waals surface area contributed by atoms with Gasteiger partial charge in [-0.3, -0.25) is 14.3 Å². The van der Waals surface area contributed by atoms with Gasteiger partial charge in [-0.1, -0.05) is 23.7 Å². The Labute approximate surface area is 223 Å². The molecule has 2 amide bonds. The van der Waals surface area contributed by atoms with Gasteiger partial charge in [0.05, 0.1) is 24.4 Å². The number of anilines is 2. The lowest BCUT2D eigenvalue weighted by Gasteiger charge is -2.32. The standard InChI is InChI=1S/C26H26ClN7O4/c1-15(24(36)30-20(14-35)16-4-3-5-17(27)12-16)34-11-8-21-18(25(34)37)13-22(38-21)19-6-9-28-26(31-19)32-23-7-10-29-33(23)2/h3-7,9-10,12-13,15,20,35H,8,11,14H2,1-2H3,(H,30,36)(H,28,31,32)/t15-,20-/m1/s1. The summed E-state index contributed by atoms with van der Waals surface area (Å²) >= 11 is 6.06. The Bertz CT molecular complexity index is 1480. The van der Waals surface area contributed by atoms with Gasteiger partial charge in [0, 0.05) is 37.3 Å². The van der Waals surface area contributed by atoms with Crippen LogP contribution in [0.5, 0.6) is 0 Å². The van der Waals surface area contributed by atoms with Gasteiger partial charge in [0.1, 0.15) is 23.3 Å². The third kappa shape index (κ3) is 5.11. The van der Waals surface area contributed by atoms with Crippen molar-refractivity contribution in [3.63, 3.8) is 0 Å². The number of furan rings is 1. The summed E-state index contributed by atoms with van der Waals surface area (Å²) < 4.78 is 7.64. The maximum Gasteiger partial charge on any atom is 0.258 e. The van der Waals surface area contributed by atoms with Gasteiger partial charge in [-0.05, 0) is 36.8 Å². The Morgan fingerprint density at radius 2 is 2.08 bits per heavy atom. The van der Waals surface area contributed by atoms with Crippen LogP contribution in [0.1, 0.15) is 34.6 Å². The van der Waals surface area contributed by atoms with Crippen LogP contribution in [0.4, 0.5) is 11.8 Å². The van der Waals surface area contributed by atoms with Gasteiger partial charge in [-0.2, -0.15) is 5.10 Å². The highest BCUT2D eigenvalue weighted by atomic mass is 35.5. The molecule has 0 bridgehead atoms. The van der Waals surface area contributed by atoms with Gasteiger partial charge in [-0.25, -0.2) is 9.97 Å². The number of amides is 2. The SMILES string of the molecule is C[C@H](C(=O)N[C@H](CO)c1cccc(Cl)c1)N1CCc2oc(-c3ccnc(Nc4ccnn4C)n3)cc2C1=O. The number of aromatic nitrogens is 4. The number of carbonyl (C=O) groups excluding carboxylic acids is 2. The second kappa shape index (κ2) is 10.6. The van der Waals surface area contributed by atoms with Crippen LogP contribution in [-0.4, -0.2) is 60.8 Å². The number of aryl methyl sites for hydroxylation is 1. The third-order valence-corrected chi connectivity index (χ3v) is 6.68. The molecule has 0 saturated heterocycles. The van der Waals surface area contributed by atoms with E-state index in [0.717, 1.165) is 5.82 Å². The van der Waals surface area contributed by atoms with Crippen LogP contribution in [0.15, 0.2) is 59.3 Å². The molecular weight excluding hydrogens is 510 g/mol. The maximum atomic E-state index is 13.4. The molecular formula is C26H26ClN7O4. The van der Waals surface area contributed by atoms with Crippen molar-refractivity contribution in [3.05, 3.63) is 76.8 Å². The van der Waals surface area contributed by atoms with Gasteiger partial charge in [-0.15, -0.1) is 0 Å². The Morgan fingerprint density at radius 1 is 1.24 bits per heavy atom. The molecule has 11 nitrogen and oxygen atoms in total. The molecule has 4 aromatic rings. The van der Waals surface area contributed by atoms with Crippen molar-refractivity contribution in [2.45, 2.75) is 25.4 Å². The molecule has 12 heteroatoms. The topological polar surface area (TPSA) is 138 Å². The van der Waals surface area contributed by atoms with E-state index >= 15 is 0 Å². The van der Waals surface area contributed by atoms with Crippen molar-refractivity contribution >= 4 is 35.2 Å². The molecule has 1 aliphatic heterocycles. The number of aliphatic hydroxyl groups is 1. The fourth-order valence-electron chi connectivity index (χ4n) is 4.33. The Kier molecular flexibility index (Phi) is 7.12. The average molecular weight is 536 g/mol. The summed E-state index contributed by atoms with van der Waals surface area (Å²) in [6.07, 6.45) is 3.70. The zero-order chi connectivity index (χ0) is 26.8. The number of halogens is 1. The van der Waals surface area contributed by atoms with E-state index in [2.05, 4.69) is 25.7 Å². The molecule has 1 aromatic carbocycles. The maximum absolute atomic E-state index is 13.4. The second-order valence-electron chi connectivity index (χ2n) is 8.90. The van der Waals surface area contributed by atoms with Crippen molar-refractivity contribution in [3.8, 4) is 11.5 Å². The van der Waals surface area contributed by atoms with Crippen molar-refractivity contribution < 1.29 is 19.1 Å². The van der Waals surface area contributed by atoms with E-state index in [1.165, 1.54) is 4.90 Å². The van der Waals surface area contributed by atoms with E-state index in [4.69, 9.17) is 16.0 Å². The van der Waals surface area contributed by atoms with E-state index in [-0.39, 0.29) is 18.4 Å². The monoisotopic (exact) mass is 535 g/mol. The fourth-order valence-corrected chi connectivity index (χ4v) is 4.53. The summed E-state index contributed by atoms with van der Waals surface area (Å²) in [5, 5.41) is 20.4. The Balaban J connectivity index is 1.30. The Morgan fingerprint density at radius 3 is 2.82 bits per heavy atom. The first-order valence-corrected chi connectivity index (χ1v) is 12.4. The molecule has 3 aromatic heterocycles. The van der Waals surface area contributed by atoms with Gasteiger partial charge in [0.15, 0.2) is 5.76 Å². The first-order chi connectivity index (χ1) is 18.3. The number of rotatable bonds is 8. The van der Waals surface area contributed by atoms with Crippen LogP contribution >= 0.6 is 11.6 Å². The highest BCUT2D eigenvalue weighted by Gasteiger charge is 2.34. The number of hydrogen-bond acceptors (Lipinski definition) is 8. The van der Waals surface area contributed by atoms with Gasteiger partial charge in [0.25, 0.3) is 5.91 Å². The smallest absolute Gasteiger partial charge is 0.258 e. The minimum Gasteiger partial charge on any atom is -0.459 e. The number of nitrogens with one attached hydrogen (secondary N) is 2. The summed E-state index contributed by atoms with van der Waals surface area (Å²) in [6.45, 7) is 1.66. The van der Waals surface area contributed by atoms with E-state index < -0.39 is 12.1 Å². The summed E-state index contributed by atoms with van der Waals surface area (Å²) in [4.78, 5) is 36.6. The van der Waals surface area contributed by atoms with Crippen molar-refractivity contribution in [2.24, 2.45) is 7.05 Å². The van der Waals surface area contributed by atoms with Crippen LogP contribution in [0.25, 0.3) is 11.5 Å². The van der Waals surface area contributed by atoms with E-state index in [0.29, 0.717) is 52.3 Å². The molecule has 0 radical (unpaired) electrons. The molecule has 0 aliphatic carbocycles. The first kappa shape index (κ1) is 25.4. The number of fused-ring (bicyclic) bond motifs is 1. The predicted octanol–water partition coefficient (Wildman–Crippen LogP) is 3.10. The molecule has 4 heterocycles. The van der Waals surface area contributed by atoms with Crippen LogP contribution in [-0.2, 0) is 18.3 Å². The van der Waals surface area contributed by atoms with Gasteiger partial charge in [0.2, 0.25) is 11.9 Å². The minimum absolute atomic E-state index is 0.307. The number of nitrogens with zero attached hydrogens (tertiary/aromatic N) is 5. The predicted molar refractivity (Wildman–Crippen MR) is 140 cm³/mol. The second-order valence-corrected chi connectivity index (χ2v) is 9.34. The zero-order valence-corrected chi connectivity index (χ0v) is 21.5. The van der Waals surface area contributed by atoms with E-state index in [1.807, 2.05) is 0 Å². The van der Waals surface area contributed by atoms with Crippen LogP contribution in [0, 0.1) is 0 Å². The van der Waals surface area contributed by atoms with E-state index in [1.54, 1.807) is 73.5 Å². The quantitative estimate of drug-likeness (QED) is 0.313. The van der Waals surface area contributed by atoms with Crippen LogP contribution < -0.4 is 10.6 Å². The third-order valence-electron chi connectivity index (χ3n) is 6.45. The van der Waals surface area contributed by atoms with Gasteiger partial charge >= 0.3 is 0 Å². The molecule has 196 valence electrons. The number of carbonyl (C=O) groups is 2. The molecule has 5 rings (SSSR count). The highest BCUT2D eigenvalue weighted by molar-refractivity contribution is 6.30. The normalized spacial score (nSPS) is 14.6. The van der Waals surface area contributed by atoms with Crippen molar-refractivity contribution in [1.29, 1.82) is 0 Å². The van der Waals surface area contributed by atoms with E-state index in [9.17, 15) is 14.7 Å². The highest BCUT2D eigenvalue weighted by Crippen LogP contribution is 2.30. The number of hydrogen-bond donors (Lipinski definition) is 3. The summed E-state index contributed by atoms with van der Waals surface area (Å²) in [5.74, 6) is 1.36. The zero-order valence-electron chi connectivity index (χ0n) is 20.8. The van der Waals surface area contributed by atoms with Crippen LogP contribution in [0.3, 0.4) is 0 Å². The van der Waals surface area contributed by atoms with Gasteiger partial charge < -0.3 is 25.1 Å². The molecule has 38 heavy (non-hydrogen) atoms. The molecule has 0 unspecified atom stereocenters. The molecule has 0 fully saturated rings. The lowest BCUT2D eigenvalue weighted by Crippen LogP contribution is -2.51. The number of benzene rings is 1. The van der Waals surface area contributed by atoms with Crippen molar-refractivity contribution in [1.82, 2.24) is 30.0 Å². The van der Waals surface area contributed by atoms with Crippen molar-refractivity contribution in [2.75, 3.05) is 18.5 Å². The number of aliphatic hydroxyl groups excluding tert-OH is 1. The van der Waals surface area contributed by atoms with Crippen LogP contribution in [0.2, 0.25) is 5.02 Å². The lowest BCUT2D eigenvalue weighted by atomic mass is 10.0. The molecule has 0 spiro atoms. The molecule has 0 saturated carbocycles.